The molecule has 1 aromatic carbocycles. The van der Waals surface area contributed by atoms with E-state index in [0.29, 0.717) is 0 Å². The highest BCUT2D eigenvalue weighted by Crippen LogP contribution is 2.21. The molecule has 0 bridgehead atoms. The second-order valence-corrected chi connectivity index (χ2v) is 6.55. The molecule has 0 unspecified atom stereocenters. The average Bonchev–Trinajstić information content (AvgIpc) is 2.92. The Morgan fingerprint density at radius 2 is 2.15 bits per heavy atom. The van der Waals surface area contributed by atoms with Gasteiger partial charge in [0, 0.05) is 0 Å². The zero-order valence-electron chi connectivity index (χ0n) is 10.1. The highest BCUT2D eigenvalue weighted by molar-refractivity contribution is 7.94. The minimum absolute atomic E-state index is 0.0955. The van der Waals surface area contributed by atoms with E-state index in [2.05, 4.69) is 16.6 Å². The van der Waals surface area contributed by atoms with Crippen LogP contribution in [0.5, 0.6) is 0 Å². The van der Waals surface area contributed by atoms with Crippen LogP contribution in [0.2, 0.25) is 0 Å². The highest BCUT2D eigenvalue weighted by atomic mass is 32.2. The Balaban J connectivity index is 2.25. The van der Waals surface area contributed by atoms with E-state index >= 15 is 0 Å². The van der Waals surface area contributed by atoms with E-state index in [1.54, 1.807) is 11.4 Å². The molecular formula is C13H10FNO3S2. The van der Waals surface area contributed by atoms with Gasteiger partial charge < -0.3 is 5.11 Å². The molecule has 0 aliphatic carbocycles. The van der Waals surface area contributed by atoms with Crippen LogP contribution in [0.3, 0.4) is 0 Å². The number of rotatable bonds is 3. The lowest BCUT2D eigenvalue weighted by molar-refractivity contribution is 0.350. The summed E-state index contributed by atoms with van der Waals surface area (Å²) < 4.78 is 40.0. The van der Waals surface area contributed by atoms with Gasteiger partial charge in [0.25, 0.3) is 10.0 Å². The van der Waals surface area contributed by atoms with Crippen LogP contribution in [0, 0.1) is 17.7 Å². The Labute approximate surface area is 119 Å². The van der Waals surface area contributed by atoms with Gasteiger partial charge in [0.2, 0.25) is 0 Å². The van der Waals surface area contributed by atoms with Crippen molar-refractivity contribution in [3.8, 4) is 11.8 Å². The number of benzene rings is 1. The van der Waals surface area contributed by atoms with Crippen LogP contribution in [-0.2, 0) is 10.0 Å². The SMILES string of the molecule is O=S(=O)(Nc1ccc(C#CCO)c(F)c1)c1cccs1. The van der Waals surface area contributed by atoms with Gasteiger partial charge in [-0.3, -0.25) is 4.72 Å². The normalized spacial score (nSPS) is 10.7. The molecule has 0 aliphatic heterocycles. The molecule has 0 spiro atoms. The van der Waals surface area contributed by atoms with Crippen LogP contribution in [0.1, 0.15) is 5.56 Å². The van der Waals surface area contributed by atoms with Crippen LogP contribution in [0.25, 0.3) is 0 Å². The second kappa shape index (κ2) is 6.05. The molecule has 2 rings (SSSR count). The molecule has 0 atom stereocenters. The standard InChI is InChI=1S/C13H10FNO3S2/c14-12-9-11(6-5-10(12)3-1-7-16)15-20(17,18)13-4-2-8-19-13/h2,4-6,8-9,15-16H,7H2. The molecular weight excluding hydrogens is 301 g/mol. The number of sulfonamides is 1. The fourth-order valence-electron chi connectivity index (χ4n) is 1.44. The van der Waals surface area contributed by atoms with Gasteiger partial charge in [0.05, 0.1) is 11.3 Å². The molecule has 1 heterocycles. The molecule has 2 aromatic rings. The maximum atomic E-state index is 13.7. The third kappa shape index (κ3) is 3.36. The van der Waals surface area contributed by atoms with E-state index in [4.69, 9.17) is 5.11 Å². The lowest BCUT2D eigenvalue weighted by Crippen LogP contribution is -2.11. The molecule has 0 radical (unpaired) electrons. The Kier molecular flexibility index (Phi) is 4.39. The molecule has 0 saturated heterocycles. The van der Waals surface area contributed by atoms with Gasteiger partial charge in [-0.1, -0.05) is 17.9 Å². The number of halogens is 1. The second-order valence-electron chi connectivity index (χ2n) is 3.69. The maximum absolute atomic E-state index is 13.7. The van der Waals surface area contributed by atoms with Crippen molar-refractivity contribution < 1.29 is 17.9 Å². The first kappa shape index (κ1) is 14.5. The van der Waals surface area contributed by atoms with Gasteiger partial charge in [-0.2, -0.15) is 0 Å². The summed E-state index contributed by atoms with van der Waals surface area (Å²) in [6.45, 7) is -0.369. The third-order valence-corrected chi connectivity index (χ3v) is 5.06. The lowest BCUT2D eigenvalue weighted by atomic mass is 10.2. The zero-order valence-corrected chi connectivity index (χ0v) is 11.8. The fourth-order valence-corrected chi connectivity index (χ4v) is 3.48. The van der Waals surface area contributed by atoms with Crippen molar-refractivity contribution in [2.24, 2.45) is 0 Å². The van der Waals surface area contributed by atoms with Crippen LogP contribution in [0.4, 0.5) is 10.1 Å². The lowest BCUT2D eigenvalue weighted by Gasteiger charge is -2.06. The van der Waals surface area contributed by atoms with E-state index in [0.717, 1.165) is 17.4 Å². The zero-order chi connectivity index (χ0) is 14.6. The van der Waals surface area contributed by atoms with Crippen LogP contribution in [0.15, 0.2) is 39.9 Å². The summed E-state index contributed by atoms with van der Waals surface area (Å²) in [4.78, 5) is 0. The average molecular weight is 311 g/mol. The molecule has 104 valence electrons. The maximum Gasteiger partial charge on any atom is 0.271 e. The summed E-state index contributed by atoms with van der Waals surface area (Å²) in [5.74, 6) is 4.10. The molecule has 2 N–H and O–H groups in total. The Bertz CT molecular complexity index is 759. The molecule has 20 heavy (non-hydrogen) atoms. The predicted octanol–water partition coefficient (Wildman–Crippen LogP) is 2.03. The summed E-state index contributed by atoms with van der Waals surface area (Å²) in [5, 5.41) is 10.2. The van der Waals surface area contributed by atoms with Crippen molar-refractivity contribution in [3.63, 3.8) is 0 Å². The molecule has 1 aromatic heterocycles. The van der Waals surface area contributed by atoms with Gasteiger partial charge in [0.15, 0.2) is 0 Å². The molecule has 7 heteroatoms. The number of thiophene rings is 1. The van der Waals surface area contributed by atoms with Gasteiger partial charge in [-0.15, -0.1) is 11.3 Å². The van der Waals surface area contributed by atoms with Gasteiger partial charge in [0.1, 0.15) is 16.6 Å². The first-order chi connectivity index (χ1) is 9.53. The van der Waals surface area contributed by atoms with E-state index in [9.17, 15) is 12.8 Å². The summed E-state index contributed by atoms with van der Waals surface area (Å²) >= 11 is 1.07. The molecule has 0 amide bonds. The molecule has 0 aliphatic rings. The van der Waals surface area contributed by atoms with Crippen molar-refractivity contribution in [1.82, 2.24) is 0 Å². The Morgan fingerprint density at radius 1 is 1.35 bits per heavy atom. The van der Waals surface area contributed by atoms with E-state index < -0.39 is 15.8 Å². The van der Waals surface area contributed by atoms with Gasteiger partial charge >= 0.3 is 0 Å². The monoisotopic (exact) mass is 311 g/mol. The quantitative estimate of drug-likeness (QED) is 0.852. The number of anilines is 1. The smallest absolute Gasteiger partial charge is 0.271 e. The van der Waals surface area contributed by atoms with Gasteiger partial charge in [-0.05, 0) is 29.6 Å². The van der Waals surface area contributed by atoms with E-state index in [-0.39, 0.29) is 22.1 Å². The summed E-state index contributed by atoms with van der Waals surface area (Å²) in [6.07, 6.45) is 0. The van der Waals surface area contributed by atoms with Crippen molar-refractivity contribution in [2.45, 2.75) is 4.21 Å². The minimum Gasteiger partial charge on any atom is -0.384 e. The first-order valence-corrected chi connectivity index (χ1v) is 7.85. The van der Waals surface area contributed by atoms with Crippen molar-refractivity contribution >= 4 is 27.0 Å². The minimum atomic E-state index is -3.69. The van der Waals surface area contributed by atoms with Crippen LogP contribution >= 0.6 is 11.3 Å². The third-order valence-electron chi connectivity index (χ3n) is 2.28. The van der Waals surface area contributed by atoms with E-state index in [1.165, 1.54) is 18.2 Å². The summed E-state index contributed by atoms with van der Waals surface area (Å²) in [5.41, 5.74) is 0.212. The number of nitrogens with one attached hydrogen (secondary N) is 1. The van der Waals surface area contributed by atoms with Crippen LogP contribution < -0.4 is 4.72 Å². The summed E-state index contributed by atoms with van der Waals surface area (Å²) in [6, 6.07) is 6.89. The topological polar surface area (TPSA) is 66.4 Å². The molecule has 4 nitrogen and oxygen atoms in total. The molecule has 0 saturated carbocycles. The van der Waals surface area contributed by atoms with Crippen LogP contribution in [-0.4, -0.2) is 20.1 Å². The molecule has 0 fully saturated rings. The van der Waals surface area contributed by atoms with Gasteiger partial charge in [-0.25, -0.2) is 12.8 Å². The fraction of sp³-hybridized carbons (Fsp3) is 0.0769. The van der Waals surface area contributed by atoms with Crippen molar-refractivity contribution in [2.75, 3.05) is 11.3 Å². The first-order valence-electron chi connectivity index (χ1n) is 5.48. The number of aliphatic hydroxyl groups is 1. The Morgan fingerprint density at radius 3 is 2.75 bits per heavy atom. The van der Waals surface area contributed by atoms with E-state index in [1.807, 2.05) is 0 Å². The van der Waals surface area contributed by atoms with Crippen molar-refractivity contribution in [3.05, 3.63) is 47.1 Å². The highest BCUT2D eigenvalue weighted by Gasteiger charge is 2.15. The number of aliphatic hydroxyl groups excluding tert-OH is 1. The number of hydrogen-bond donors (Lipinski definition) is 2. The van der Waals surface area contributed by atoms with Crippen molar-refractivity contribution in [1.29, 1.82) is 0 Å². The Hall–Kier alpha value is -1.88. The predicted molar refractivity (Wildman–Crippen MR) is 75.5 cm³/mol. The number of hydrogen-bond acceptors (Lipinski definition) is 4. The largest absolute Gasteiger partial charge is 0.384 e. The summed E-state index contributed by atoms with van der Waals surface area (Å²) in [7, 11) is -3.69.